The molecule has 1 atom stereocenters. The zero-order chi connectivity index (χ0) is 16.9. The summed E-state index contributed by atoms with van der Waals surface area (Å²) in [7, 11) is 0. The summed E-state index contributed by atoms with van der Waals surface area (Å²) in [6, 6.07) is 20.0. The van der Waals surface area contributed by atoms with Gasteiger partial charge in [-0.3, -0.25) is 0 Å². The molecule has 2 aromatic carbocycles. The molecular formula is C20H20N2OS. The van der Waals surface area contributed by atoms with Crippen molar-refractivity contribution in [2.24, 2.45) is 0 Å². The van der Waals surface area contributed by atoms with E-state index in [0.29, 0.717) is 5.11 Å². The highest BCUT2D eigenvalue weighted by Gasteiger charge is 2.17. The first-order valence-electron chi connectivity index (χ1n) is 7.86. The van der Waals surface area contributed by atoms with Crippen molar-refractivity contribution in [2.75, 3.05) is 5.32 Å². The lowest BCUT2D eigenvalue weighted by Gasteiger charge is -2.20. The number of benzene rings is 2. The molecule has 0 aliphatic rings. The Kier molecular flexibility index (Phi) is 4.96. The van der Waals surface area contributed by atoms with Crippen LogP contribution in [-0.2, 0) is 0 Å². The van der Waals surface area contributed by atoms with Crippen LogP contribution in [0.2, 0.25) is 0 Å². The molecular weight excluding hydrogens is 316 g/mol. The van der Waals surface area contributed by atoms with Crippen LogP contribution in [0.1, 0.15) is 28.5 Å². The molecule has 0 saturated heterocycles. The van der Waals surface area contributed by atoms with E-state index in [1.54, 1.807) is 6.26 Å². The van der Waals surface area contributed by atoms with E-state index in [1.807, 2.05) is 36.4 Å². The summed E-state index contributed by atoms with van der Waals surface area (Å²) in [6.45, 7) is 4.19. The van der Waals surface area contributed by atoms with Crippen LogP contribution in [0, 0.1) is 13.8 Å². The van der Waals surface area contributed by atoms with Crippen molar-refractivity contribution in [3.05, 3.63) is 89.4 Å². The van der Waals surface area contributed by atoms with Crippen molar-refractivity contribution in [3.63, 3.8) is 0 Å². The Morgan fingerprint density at radius 3 is 2.42 bits per heavy atom. The summed E-state index contributed by atoms with van der Waals surface area (Å²) < 4.78 is 5.59. The Labute approximate surface area is 147 Å². The van der Waals surface area contributed by atoms with Crippen LogP contribution < -0.4 is 10.6 Å². The van der Waals surface area contributed by atoms with Crippen molar-refractivity contribution in [3.8, 4) is 0 Å². The van der Waals surface area contributed by atoms with Crippen molar-refractivity contribution in [1.29, 1.82) is 0 Å². The quantitative estimate of drug-likeness (QED) is 0.660. The summed E-state index contributed by atoms with van der Waals surface area (Å²) >= 11 is 5.50. The van der Waals surface area contributed by atoms with E-state index < -0.39 is 0 Å². The van der Waals surface area contributed by atoms with Gasteiger partial charge in [0.05, 0.1) is 6.26 Å². The number of hydrogen-bond donors (Lipinski definition) is 2. The van der Waals surface area contributed by atoms with Gasteiger partial charge in [-0.05, 0) is 67.0 Å². The lowest BCUT2D eigenvalue weighted by Crippen LogP contribution is -2.32. The molecule has 0 unspecified atom stereocenters. The fraction of sp³-hybridized carbons (Fsp3) is 0.150. The van der Waals surface area contributed by atoms with Gasteiger partial charge in [0.2, 0.25) is 0 Å². The van der Waals surface area contributed by atoms with Gasteiger partial charge in [0.25, 0.3) is 0 Å². The molecule has 0 aliphatic carbocycles. The molecule has 2 N–H and O–H groups in total. The number of hydrogen-bond acceptors (Lipinski definition) is 2. The third-order valence-electron chi connectivity index (χ3n) is 4.00. The number of thiocarbonyl (C=S) groups is 1. The Bertz CT molecular complexity index is 813. The van der Waals surface area contributed by atoms with Crippen LogP contribution in [0.15, 0.2) is 71.3 Å². The van der Waals surface area contributed by atoms with Gasteiger partial charge in [-0.25, -0.2) is 0 Å². The smallest absolute Gasteiger partial charge is 0.171 e. The molecule has 1 aromatic heterocycles. The zero-order valence-corrected chi connectivity index (χ0v) is 14.6. The molecule has 122 valence electrons. The zero-order valence-electron chi connectivity index (χ0n) is 13.7. The minimum Gasteiger partial charge on any atom is -0.467 e. The maximum Gasteiger partial charge on any atom is 0.171 e. The molecule has 1 heterocycles. The van der Waals surface area contributed by atoms with Crippen LogP contribution in [0.25, 0.3) is 0 Å². The molecule has 0 saturated carbocycles. The summed E-state index contributed by atoms with van der Waals surface area (Å²) in [5, 5.41) is 7.15. The van der Waals surface area contributed by atoms with Crippen LogP contribution in [0.4, 0.5) is 5.69 Å². The fourth-order valence-corrected chi connectivity index (χ4v) is 2.77. The molecule has 4 heteroatoms. The standard InChI is InChI=1S/C20H20N2OS/c1-14-10-11-17(13-15(14)2)21-20(24)22-19(18-9-6-12-23-18)16-7-4-3-5-8-16/h3-13,19H,1-2H3,(H2,21,22,24)/t19-/m1/s1. The Morgan fingerprint density at radius 2 is 1.75 bits per heavy atom. The molecule has 3 aromatic rings. The number of nitrogens with one attached hydrogen (secondary N) is 2. The average molecular weight is 336 g/mol. The second kappa shape index (κ2) is 7.32. The Balaban J connectivity index is 1.77. The monoisotopic (exact) mass is 336 g/mol. The van der Waals surface area contributed by atoms with Crippen molar-refractivity contribution >= 4 is 23.0 Å². The third kappa shape index (κ3) is 3.84. The van der Waals surface area contributed by atoms with E-state index in [1.165, 1.54) is 11.1 Å². The third-order valence-corrected chi connectivity index (χ3v) is 4.22. The summed E-state index contributed by atoms with van der Waals surface area (Å²) in [5.41, 5.74) is 4.56. The van der Waals surface area contributed by atoms with Crippen molar-refractivity contribution < 1.29 is 4.42 Å². The normalized spacial score (nSPS) is 11.8. The van der Waals surface area contributed by atoms with E-state index in [4.69, 9.17) is 16.6 Å². The molecule has 3 rings (SSSR count). The van der Waals surface area contributed by atoms with Crippen molar-refractivity contribution in [2.45, 2.75) is 19.9 Å². The molecule has 0 amide bonds. The van der Waals surface area contributed by atoms with Crippen LogP contribution in [0.5, 0.6) is 0 Å². The highest BCUT2D eigenvalue weighted by Crippen LogP contribution is 2.23. The highest BCUT2D eigenvalue weighted by molar-refractivity contribution is 7.80. The molecule has 3 nitrogen and oxygen atoms in total. The predicted octanol–water partition coefficient (Wildman–Crippen LogP) is 4.97. The SMILES string of the molecule is Cc1ccc(NC(=S)N[C@H](c2ccccc2)c2ccco2)cc1C. The first-order chi connectivity index (χ1) is 11.6. The number of aryl methyl sites for hydroxylation is 2. The van der Waals surface area contributed by atoms with Gasteiger partial charge in [0.1, 0.15) is 11.8 Å². The van der Waals surface area contributed by atoms with E-state index in [9.17, 15) is 0 Å². The first kappa shape index (κ1) is 16.3. The predicted molar refractivity (Wildman–Crippen MR) is 102 cm³/mol. The Morgan fingerprint density at radius 1 is 0.958 bits per heavy atom. The molecule has 0 aliphatic heterocycles. The molecule has 24 heavy (non-hydrogen) atoms. The van der Waals surface area contributed by atoms with Gasteiger partial charge in [0.15, 0.2) is 5.11 Å². The average Bonchev–Trinajstić information content (AvgIpc) is 3.11. The largest absolute Gasteiger partial charge is 0.467 e. The number of furan rings is 1. The van der Waals surface area contributed by atoms with E-state index in [2.05, 4.69) is 48.7 Å². The highest BCUT2D eigenvalue weighted by atomic mass is 32.1. The number of anilines is 1. The van der Waals surface area contributed by atoms with E-state index >= 15 is 0 Å². The maximum absolute atomic E-state index is 5.59. The van der Waals surface area contributed by atoms with Gasteiger partial charge >= 0.3 is 0 Å². The van der Waals surface area contributed by atoms with Crippen LogP contribution >= 0.6 is 12.2 Å². The minimum atomic E-state index is -0.132. The molecule has 0 spiro atoms. The van der Waals surface area contributed by atoms with Crippen LogP contribution in [0.3, 0.4) is 0 Å². The number of rotatable bonds is 4. The van der Waals surface area contributed by atoms with Gasteiger partial charge in [-0.2, -0.15) is 0 Å². The second-order valence-corrected chi connectivity index (χ2v) is 6.16. The maximum atomic E-state index is 5.59. The van der Waals surface area contributed by atoms with E-state index in [0.717, 1.165) is 17.0 Å². The van der Waals surface area contributed by atoms with Crippen LogP contribution in [-0.4, -0.2) is 5.11 Å². The summed E-state index contributed by atoms with van der Waals surface area (Å²) in [6.07, 6.45) is 1.67. The van der Waals surface area contributed by atoms with Gasteiger partial charge in [0, 0.05) is 5.69 Å². The Hall–Kier alpha value is -2.59. The first-order valence-corrected chi connectivity index (χ1v) is 8.27. The lowest BCUT2D eigenvalue weighted by atomic mass is 10.1. The topological polar surface area (TPSA) is 37.2 Å². The fourth-order valence-electron chi connectivity index (χ4n) is 2.54. The molecule has 0 fully saturated rings. The lowest BCUT2D eigenvalue weighted by molar-refractivity contribution is 0.476. The van der Waals surface area contributed by atoms with Gasteiger partial charge < -0.3 is 15.1 Å². The second-order valence-electron chi connectivity index (χ2n) is 5.76. The van der Waals surface area contributed by atoms with Gasteiger partial charge in [-0.1, -0.05) is 36.4 Å². The summed E-state index contributed by atoms with van der Waals surface area (Å²) in [5.74, 6) is 0.824. The summed E-state index contributed by atoms with van der Waals surface area (Å²) in [4.78, 5) is 0. The molecule has 0 bridgehead atoms. The van der Waals surface area contributed by atoms with Gasteiger partial charge in [-0.15, -0.1) is 0 Å². The molecule has 0 radical (unpaired) electrons. The minimum absolute atomic E-state index is 0.132. The van der Waals surface area contributed by atoms with E-state index in [-0.39, 0.29) is 6.04 Å². The van der Waals surface area contributed by atoms with Crippen molar-refractivity contribution in [1.82, 2.24) is 5.32 Å².